The Balaban J connectivity index is 0.00000210. The highest BCUT2D eigenvalue weighted by atomic mass is 35.5. The van der Waals surface area contributed by atoms with Gasteiger partial charge >= 0.3 is 0 Å². The van der Waals surface area contributed by atoms with E-state index in [0.717, 1.165) is 23.1 Å². The fourth-order valence-electron chi connectivity index (χ4n) is 3.25. The molecule has 158 valence electrons. The first-order chi connectivity index (χ1) is 13.0. The summed E-state index contributed by atoms with van der Waals surface area (Å²) in [6, 6.07) is 12.2. The third kappa shape index (κ3) is 5.69. The molecular formula is C21H29Cl2N5O. The van der Waals surface area contributed by atoms with Gasteiger partial charge in [0.05, 0.1) is 17.1 Å². The first kappa shape index (κ1) is 24.9. The molecule has 8 heteroatoms. The van der Waals surface area contributed by atoms with Gasteiger partial charge in [-0.25, -0.2) is 9.67 Å². The summed E-state index contributed by atoms with van der Waals surface area (Å²) < 4.78 is 1.86. The van der Waals surface area contributed by atoms with Crippen LogP contribution in [-0.4, -0.2) is 45.2 Å². The molecule has 0 aliphatic carbocycles. The molecule has 6 nitrogen and oxygen atoms in total. The highest BCUT2D eigenvalue weighted by molar-refractivity contribution is 6.05. The third-order valence-electron chi connectivity index (χ3n) is 4.61. The van der Waals surface area contributed by atoms with Crippen LogP contribution in [0.5, 0.6) is 0 Å². The van der Waals surface area contributed by atoms with Crippen molar-refractivity contribution in [3.05, 3.63) is 59.4 Å². The molecular weight excluding hydrogens is 409 g/mol. The number of rotatable bonds is 7. The summed E-state index contributed by atoms with van der Waals surface area (Å²) in [6.45, 7) is 7.59. The molecule has 1 aromatic carbocycles. The van der Waals surface area contributed by atoms with Gasteiger partial charge in [-0.1, -0.05) is 30.3 Å². The molecule has 3 rings (SSSR count). The Bertz CT molecular complexity index is 927. The first-order valence-electron chi connectivity index (χ1n) is 9.39. The fraction of sp³-hybridized carbons (Fsp3) is 0.381. The van der Waals surface area contributed by atoms with Crippen molar-refractivity contribution in [2.45, 2.75) is 33.2 Å². The number of amides is 1. The third-order valence-corrected chi connectivity index (χ3v) is 4.61. The summed E-state index contributed by atoms with van der Waals surface area (Å²) in [5.41, 5.74) is 9.19. The van der Waals surface area contributed by atoms with Crippen molar-refractivity contribution in [1.82, 2.24) is 19.7 Å². The van der Waals surface area contributed by atoms with Crippen molar-refractivity contribution in [1.29, 1.82) is 0 Å². The lowest BCUT2D eigenvalue weighted by atomic mass is 10.1. The normalized spacial score (nSPS) is 10.5. The van der Waals surface area contributed by atoms with Crippen molar-refractivity contribution in [3.63, 3.8) is 0 Å². The molecule has 0 saturated carbocycles. The van der Waals surface area contributed by atoms with E-state index in [-0.39, 0.29) is 36.8 Å². The summed E-state index contributed by atoms with van der Waals surface area (Å²) in [6.07, 6.45) is 2.54. The molecule has 0 atom stereocenters. The number of carbonyl (C=O) groups excluding carboxylic acids is 1. The molecule has 2 aromatic heterocycles. The number of pyridine rings is 1. The number of hydrogen-bond donors (Lipinski definition) is 1. The van der Waals surface area contributed by atoms with E-state index >= 15 is 0 Å². The van der Waals surface area contributed by atoms with E-state index < -0.39 is 0 Å². The smallest absolute Gasteiger partial charge is 0.254 e. The topological polar surface area (TPSA) is 77.0 Å². The van der Waals surface area contributed by atoms with E-state index in [1.165, 1.54) is 5.56 Å². The number of nitrogens with two attached hydrogens (primary N) is 1. The molecule has 1 amide bonds. The van der Waals surface area contributed by atoms with Gasteiger partial charge in [-0.05, 0) is 38.8 Å². The summed E-state index contributed by atoms with van der Waals surface area (Å²) in [5.74, 6) is -0.0183. The van der Waals surface area contributed by atoms with Crippen LogP contribution in [-0.2, 0) is 6.42 Å². The Kier molecular flexibility index (Phi) is 9.56. The Labute approximate surface area is 184 Å². The van der Waals surface area contributed by atoms with Crippen LogP contribution < -0.4 is 5.73 Å². The maximum absolute atomic E-state index is 13.3. The molecule has 0 aliphatic heterocycles. The van der Waals surface area contributed by atoms with Gasteiger partial charge in [0.1, 0.15) is 0 Å². The standard InChI is InChI=1S/C21H27N5O.2ClH/c1-15(2)26-20-19(14-23-26)18(13-16(3)24-20)21(27)25(12-10-22)11-9-17-7-5-4-6-8-17;;/h4-8,13-15H,9-12,22H2,1-3H3;2*1H. The number of aryl methyl sites for hydroxylation is 1. The number of nitrogens with zero attached hydrogens (tertiary/aromatic N) is 4. The van der Waals surface area contributed by atoms with Crippen molar-refractivity contribution in [3.8, 4) is 0 Å². The van der Waals surface area contributed by atoms with Crippen LogP contribution >= 0.6 is 24.8 Å². The number of fused-ring (bicyclic) bond motifs is 1. The monoisotopic (exact) mass is 437 g/mol. The first-order valence-corrected chi connectivity index (χ1v) is 9.39. The van der Waals surface area contributed by atoms with Crippen LogP contribution in [0.3, 0.4) is 0 Å². The van der Waals surface area contributed by atoms with Crippen molar-refractivity contribution in [2.24, 2.45) is 5.73 Å². The summed E-state index contributed by atoms with van der Waals surface area (Å²) >= 11 is 0. The molecule has 3 aromatic rings. The van der Waals surface area contributed by atoms with Gasteiger partial charge in [-0.2, -0.15) is 5.10 Å². The number of carbonyl (C=O) groups is 1. The molecule has 0 radical (unpaired) electrons. The predicted octanol–water partition coefficient (Wildman–Crippen LogP) is 3.81. The molecule has 0 spiro atoms. The maximum atomic E-state index is 13.3. The maximum Gasteiger partial charge on any atom is 0.254 e. The average molecular weight is 438 g/mol. The quantitative estimate of drug-likeness (QED) is 0.609. The van der Waals surface area contributed by atoms with Crippen LogP contribution in [0.1, 0.15) is 41.5 Å². The Morgan fingerprint density at radius 3 is 2.48 bits per heavy atom. The van der Waals surface area contributed by atoms with Gasteiger partial charge in [0.2, 0.25) is 0 Å². The summed E-state index contributed by atoms with van der Waals surface area (Å²) in [7, 11) is 0. The Morgan fingerprint density at radius 1 is 1.17 bits per heavy atom. The minimum atomic E-state index is -0.0183. The van der Waals surface area contributed by atoms with Gasteiger partial charge in [-0.15, -0.1) is 24.8 Å². The van der Waals surface area contributed by atoms with E-state index in [1.807, 2.05) is 40.8 Å². The molecule has 0 bridgehead atoms. The highest BCUT2D eigenvalue weighted by Crippen LogP contribution is 2.22. The van der Waals surface area contributed by atoms with Crippen LogP contribution in [0.4, 0.5) is 0 Å². The van der Waals surface area contributed by atoms with Crippen LogP contribution in [0, 0.1) is 6.92 Å². The molecule has 2 N–H and O–H groups in total. The van der Waals surface area contributed by atoms with E-state index in [1.54, 1.807) is 6.20 Å². The Morgan fingerprint density at radius 2 is 1.86 bits per heavy atom. The lowest BCUT2D eigenvalue weighted by molar-refractivity contribution is 0.0764. The largest absolute Gasteiger partial charge is 0.337 e. The van der Waals surface area contributed by atoms with Crippen molar-refractivity contribution < 1.29 is 4.79 Å². The highest BCUT2D eigenvalue weighted by Gasteiger charge is 2.21. The minimum absolute atomic E-state index is 0. The SMILES string of the molecule is Cc1cc(C(=O)N(CCN)CCc2ccccc2)c2cnn(C(C)C)c2n1.Cl.Cl. The second-order valence-corrected chi connectivity index (χ2v) is 7.05. The number of benzene rings is 1. The van der Waals surface area contributed by atoms with Crippen molar-refractivity contribution >= 4 is 41.8 Å². The number of hydrogen-bond acceptors (Lipinski definition) is 4. The second-order valence-electron chi connectivity index (χ2n) is 7.05. The molecule has 2 heterocycles. The van der Waals surface area contributed by atoms with Crippen LogP contribution in [0.25, 0.3) is 11.0 Å². The van der Waals surface area contributed by atoms with Gasteiger partial charge < -0.3 is 10.6 Å². The summed E-state index contributed by atoms with van der Waals surface area (Å²) in [4.78, 5) is 19.7. The lowest BCUT2D eigenvalue weighted by Gasteiger charge is -2.23. The molecule has 0 aliphatic rings. The average Bonchev–Trinajstić information content (AvgIpc) is 3.08. The minimum Gasteiger partial charge on any atom is -0.337 e. The molecule has 0 saturated heterocycles. The van der Waals surface area contributed by atoms with Crippen molar-refractivity contribution in [2.75, 3.05) is 19.6 Å². The zero-order chi connectivity index (χ0) is 19.4. The molecule has 29 heavy (non-hydrogen) atoms. The summed E-state index contributed by atoms with van der Waals surface area (Å²) in [5, 5.41) is 5.23. The van der Waals surface area contributed by atoms with Gasteiger partial charge in [0.15, 0.2) is 5.65 Å². The van der Waals surface area contributed by atoms with Crippen LogP contribution in [0.15, 0.2) is 42.6 Å². The van der Waals surface area contributed by atoms with Crippen LogP contribution in [0.2, 0.25) is 0 Å². The van der Waals surface area contributed by atoms with Gasteiger partial charge in [-0.3, -0.25) is 4.79 Å². The van der Waals surface area contributed by atoms with Gasteiger partial charge in [0.25, 0.3) is 5.91 Å². The van der Waals surface area contributed by atoms with Gasteiger partial charge in [0, 0.05) is 31.4 Å². The predicted molar refractivity (Wildman–Crippen MR) is 122 cm³/mol. The lowest BCUT2D eigenvalue weighted by Crippen LogP contribution is -2.37. The number of halogens is 2. The Hall–Kier alpha value is -2.15. The second kappa shape index (κ2) is 11.1. The zero-order valence-electron chi connectivity index (χ0n) is 17.0. The fourth-order valence-corrected chi connectivity index (χ4v) is 3.25. The van der Waals surface area contributed by atoms with E-state index in [0.29, 0.717) is 25.2 Å². The van der Waals surface area contributed by atoms with E-state index in [2.05, 4.69) is 36.1 Å². The molecule has 0 fully saturated rings. The van der Waals surface area contributed by atoms with E-state index in [9.17, 15) is 4.79 Å². The van der Waals surface area contributed by atoms with E-state index in [4.69, 9.17) is 5.73 Å². The number of aromatic nitrogens is 3. The zero-order valence-corrected chi connectivity index (χ0v) is 18.7. The molecule has 0 unspecified atom stereocenters.